The van der Waals surface area contributed by atoms with Crippen LogP contribution < -0.4 is 0 Å². The molecule has 0 saturated carbocycles. The predicted molar refractivity (Wildman–Crippen MR) is 75.0 cm³/mol. The largest absolute Gasteiger partial charge is 0.294 e. The van der Waals surface area contributed by atoms with Gasteiger partial charge in [-0.3, -0.25) is 4.79 Å². The maximum absolute atomic E-state index is 12.2. The van der Waals surface area contributed by atoms with Crippen LogP contribution in [0.1, 0.15) is 34.0 Å². The molecule has 0 aliphatic heterocycles. The van der Waals surface area contributed by atoms with E-state index in [0.29, 0.717) is 6.42 Å². The second-order valence-electron chi connectivity index (χ2n) is 4.58. The number of carbonyl (C=O) groups is 1. The fraction of sp³-hybridized carbons (Fsp3) is 0.235. The lowest BCUT2D eigenvalue weighted by molar-refractivity contribution is 0.0992. The van der Waals surface area contributed by atoms with Crippen LogP contribution in [0.3, 0.4) is 0 Å². The average Bonchev–Trinajstić information content (AvgIpc) is 2.41. The second kappa shape index (κ2) is 5.63. The summed E-state index contributed by atoms with van der Waals surface area (Å²) in [5.41, 5.74) is 4.32. The van der Waals surface area contributed by atoms with Crippen LogP contribution in [-0.2, 0) is 12.8 Å². The zero-order chi connectivity index (χ0) is 13.0. The molecule has 0 N–H and O–H groups in total. The van der Waals surface area contributed by atoms with E-state index in [1.165, 1.54) is 11.1 Å². The third kappa shape index (κ3) is 2.86. The van der Waals surface area contributed by atoms with Crippen molar-refractivity contribution in [2.24, 2.45) is 0 Å². The highest BCUT2D eigenvalue weighted by molar-refractivity contribution is 5.97. The maximum Gasteiger partial charge on any atom is 0.167 e. The lowest BCUT2D eigenvalue weighted by Gasteiger charge is -2.06. The van der Waals surface area contributed by atoms with Gasteiger partial charge in [-0.1, -0.05) is 49.4 Å². The zero-order valence-corrected chi connectivity index (χ0v) is 10.9. The summed E-state index contributed by atoms with van der Waals surface area (Å²) in [5, 5.41) is 0. The SMILES string of the molecule is CCc1cccc(C(=O)Cc2ccccc2C)c1. The minimum absolute atomic E-state index is 0.194. The molecule has 0 atom stereocenters. The number of hydrogen-bond donors (Lipinski definition) is 0. The van der Waals surface area contributed by atoms with Crippen LogP contribution in [0, 0.1) is 6.92 Å². The highest BCUT2D eigenvalue weighted by atomic mass is 16.1. The topological polar surface area (TPSA) is 17.1 Å². The summed E-state index contributed by atoms with van der Waals surface area (Å²) in [6.45, 7) is 4.15. The molecular weight excluding hydrogens is 220 g/mol. The van der Waals surface area contributed by atoms with E-state index in [4.69, 9.17) is 0 Å². The number of hydrogen-bond acceptors (Lipinski definition) is 1. The Morgan fingerprint density at radius 1 is 1.06 bits per heavy atom. The van der Waals surface area contributed by atoms with Gasteiger partial charge in [-0.2, -0.15) is 0 Å². The Balaban J connectivity index is 2.19. The Morgan fingerprint density at radius 2 is 1.83 bits per heavy atom. The number of rotatable bonds is 4. The van der Waals surface area contributed by atoms with Gasteiger partial charge >= 0.3 is 0 Å². The average molecular weight is 238 g/mol. The molecule has 0 aromatic heterocycles. The molecule has 0 bridgehead atoms. The molecule has 0 heterocycles. The molecule has 2 aromatic carbocycles. The van der Waals surface area contributed by atoms with E-state index >= 15 is 0 Å². The van der Waals surface area contributed by atoms with E-state index in [-0.39, 0.29) is 5.78 Å². The van der Waals surface area contributed by atoms with E-state index in [2.05, 4.69) is 13.0 Å². The van der Waals surface area contributed by atoms with Crippen LogP contribution in [0.25, 0.3) is 0 Å². The first-order valence-electron chi connectivity index (χ1n) is 6.37. The van der Waals surface area contributed by atoms with Crippen molar-refractivity contribution < 1.29 is 4.79 Å². The summed E-state index contributed by atoms with van der Waals surface area (Å²) in [4.78, 5) is 12.2. The Labute approximate surface area is 108 Å². The molecule has 0 radical (unpaired) electrons. The van der Waals surface area contributed by atoms with Gasteiger partial charge in [0.1, 0.15) is 0 Å². The Morgan fingerprint density at radius 3 is 2.56 bits per heavy atom. The molecule has 92 valence electrons. The Kier molecular flexibility index (Phi) is 3.93. The van der Waals surface area contributed by atoms with E-state index in [1.807, 2.05) is 49.4 Å². The summed E-state index contributed by atoms with van der Waals surface area (Å²) >= 11 is 0. The molecule has 2 aromatic rings. The van der Waals surface area contributed by atoms with Gasteiger partial charge in [-0.15, -0.1) is 0 Å². The predicted octanol–water partition coefficient (Wildman–Crippen LogP) is 3.98. The van der Waals surface area contributed by atoms with Gasteiger partial charge < -0.3 is 0 Å². The van der Waals surface area contributed by atoms with Crippen molar-refractivity contribution >= 4 is 5.78 Å². The van der Waals surface area contributed by atoms with Crippen molar-refractivity contribution in [1.29, 1.82) is 0 Å². The molecule has 0 fully saturated rings. The van der Waals surface area contributed by atoms with Crippen molar-refractivity contribution in [2.75, 3.05) is 0 Å². The van der Waals surface area contributed by atoms with E-state index < -0.39 is 0 Å². The summed E-state index contributed by atoms with van der Waals surface area (Å²) in [6.07, 6.45) is 1.45. The third-order valence-corrected chi connectivity index (χ3v) is 3.27. The van der Waals surface area contributed by atoms with Crippen molar-refractivity contribution in [1.82, 2.24) is 0 Å². The number of ketones is 1. The zero-order valence-electron chi connectivity index (χ0n) is 10.9. The molecule has 0 spiro atoms. The summed E-state index contributed by atoms with van der Waals surface area (Å²) in [6, 6.07) is 16.0. The van der Waals surface area contributed by atoms with E-state index in [1.54, 1.807) is 0 Å². The smallest absolute Gasteiger partial charge is 0.167 e. The van der Waals surface area contributed by atoms with Gasteiger partial charge in [0.15, 0.2) is 5.78 Å². The lowest BCUT2D eigenvalue weighted by Crippen LogP contribution is -2.05. The van der Waals surface area contributed by atoms with Gasteiger partial charge in [0.05, 0.1) is 0 Å². The first-order valence-corrected chi connectivity index (χ1v) is 6.37. The first kappa shape index (κ1) is 12.6. The van der Waals surface area contributed by atoms with Gasteiger partial charge in [0.2, 0.25) is 0 Å². The first-order chi connectivity index (χ1) is 8.70. The van der Waals surface area contributed by atoms with Crippen LogP contribution in [0.4, 0.5) is 0 Å². The van der Waals surface area contributed by atoms with Gasteiger partial charge in [0, 0.05) is 12.0 Å². The molecule has 2 rings (SSSR count). The van der Waals surface area contributed by atoms with E-state index in [9.17, 15) is 4.79 Å². The van der Waals surface area contributed by atoms with Gasteiger partial charge in [-0.05, 0) is 36.1 Å². The van der Waals surface area contributed by atoms with Crippen molar-refractivity contribution in [3.63, 3.8) is 0 Å². The van der Waals surface area contributed by atoms with Crippen molar-refractivity contribution in [2.45, 2.75) is 26.7 Å². The van der Waals surface area contributed by atoms with E-state index in [0.717, 1.165) is 17.5 Å². The van der Waals surface area contributed by atoms with Crippen molar-refractivity contribution in [3.8, 4) is 0 Å². The Bertz CT molecular complexity index is 555. The standard InChI is InChI=1S/C17H18O/c1-3-14-8-6-10-16(11-14)17(18)12-15-9-5-4-7-13(15)2/h4-11H,3,12H2,1-2H3. The monoisotopic (exact) mass is 238 g/mol. The summed E-state index contributed by atoms with van der Waals surface area (Å²) < 4.78 is 0. The fourth-order valence-electron chi connectivity index (χ4n) is 2.05. The van der Waals surface area contributed by atoms with Gasteiger partial charge in [-0.25, -0.2) is 0 Å². The number of carbonyl (C=O) groups excluding carboxylic acids is 1. The Hall–Kier alpha value is -1.89. The highest BCUT2D eigenvalue weighted by Gasteiger charge is 2.08. The van der Waals surface area contributed by atoms with Crippen LogP contribution in [0.15, 0.2) is 48.5 Å². The lowest BCUT2D eigenvalue weighted by atomic mass is 9.98. The maximum atomic E-state index is 12.2. The van der Waals surface area contributed by atoms with Crippen molar-refractivity contribution in [3.05, 3.63) is 70.8 Å². The molecule has 1 heteroatoms. The summed E-state index contributed by atoms with van der Waals surface area (Å²) in [7, 11) is 0. The molecule has 1 nitrogen and oxygen atoms in total. The normalized spacial score (nSPS) is 10.3. The molecule has 0 aliphatic carbocycles. The van der Waals surface area contributed by atoms with Crippen LogP contribution in [0.5, 0.6) is 0 Å². The molecular formula is C17H18O. The number of Topliss-reactive ketones (excluding diaryl/α,β-unsaturated/α-hetero) is 1. The molecule has 0 aliphatic rings. The quantitative estimate of drug-likeness (QED) is 0.736. The number of aryl methyl sites for hydroxylation is 2. The van der Waals surface area contributed by atoms with Gasteiger partial charge in [0.25, 0.3) is 0 Å². The minimum atomic E-state index is 0.194. The summed E-state index contributed by atoms with van der Waals surface area (Å²) in [5.74, 6) is 0.194. The third-order valence-electron chi connectivity index (χ3n) is 3.27. The second-order valence-corrected chi connectivity index (χ2v) is 4.58. The molecule has 18 heavy (non-hydrogen) atoms. The molecule has 0 amide bonds. The fourth-order valence-corrected chi connectivity index (χ4v) is 2.05. The van der Waals surface area contributed by atoms with Crippen LogP contribution >= 0.6 is 0 Å². The van der Waals surface area contributed by atoms with Crippen LogP contribution in [0.2, 0.25) is 0 Å². The van der Waals surface area contributed by atoms with Crippen LogP contribution in [-0.4, -0.2) is 5.78 Å². The number of benzene rings is 2. The molecule has 0 unspecified atom stereocenters. The molecule has 0 saturated heterocycles. The minimum Gasteiger partial charge on any atom is -0.294 e. The highest BCUT2D eigenvalue weighted by Crippen LogP contribution is 2.13.